The number of hydrogen-bond donors (Lipinski definition) is 1. The van der Waals surface area contributed by atoms with Gasteiger partial charge < -0.3 is 0 Å². The van der Waals surface area contributed by atoms with E-state index in [1.165, 1.54) is 0 Å². The van der Waals surface area contributed by atoms with Crippen LogP contribution in [0.1, 0.15) is 32.6 Å². The summed E-state index contributed by atoms with van der Waals surface area (Å²) in [5.41, 5.74) is 0. The number of urea groups is 1. The Labute approximate surface area is 87.8 Å². The zero-order valence-electron chi connectivity index (χ0n) is 8.66. The van der Waals surface area contributed by atoms with Crippen molar-refractivity contribution in [3.8, 4) is 0 Å². The van der Waals surface area contributed by atoms with Gasteiger partial charge in [0.2, 0.25) is 0 Å². The summed E-state index contributed by atoms with van der Waals surface area (Å²) in [6.07, 6.45) is 3.65. The molecule has 1 saturated carbocycles. The third-order valence-electron chi connectivity index (χ3n) is 3.20. The molecule has 2 fully saturated rings. The van der Waals surface area contributed by atoms with Gasteiger partial charge in [-0.15, -0.1) is 0 Å². The molecule has 0 spiro atoms. The standard InChI is InChI=1S/C10H14N2O3/c1-6-2-4-7(5-3-6)12-9(14)8(13)11-10(12)15/h6-7H,2-5H2,1H3,(H,11,13,15). The van der Waals surface area contributed by atoms with Gasteiger partial charge in [0.15, 0.2) is 0 Å². The van der Waals surface area contributed by atoms with Crippen LogP contribution < -0.4 is 5.32 Å². The molecule has 4 amide bonds. The molecule has 0 radical (unpaired) electrons. The van der Waals surface area contributed by atoms with Crippen LogP contribution >= 0.6 is 0 Å². The number of nitrogens with zero attached hydrogens (tertiary/aromatic N) is 1. The highest BCUT2D eigenvalue weighted by Gasteiger charge is 2.41. The van der Waals surface area contributed by atoms with Gasteiger partial charge in [0.05, 0.1) is 0 Å². The van der Waals surface area contributed by atoms with Crippen molar-refractivity contribution in [2.75, 3.05) is 0 Å². The van der Waals surface area contributed by atoms with Crippen LogP contribution in [0, 0.1) is 5.92 Å². The fourth-order valence-electron chi connectivity index (χ4n) is 2.24. The lowest BCUT2D eigenvalue weighted by molar-refractivity contribution is -0.141. The summed E-state index contributed by atoms with van der Waals surface area (Å²) < 4.78 is 0. The van der Waals surface area contributed by atoms with Gasteiger partial charge in [-0.25, -0.2) is 4.79 Å². The number of hydrogen-bond acceptors (Lipinski definition) is 3. The van der Waals surface area contributed by atoms with Crippen molar-refractivity contribution in [3.05, 3.63) is 0 Å². The fraction of sp³-hybridized carbons (Fsp3) is 0.700. The normalized spacial score (nSPS) is 32.1. The Morgan fingerprint density at radius 1 is 1.13 bits per heavy atom. The predicted molar refractivity (Wildman–Crippen MR) is 51.8 cm³/mol. The molecule has 1 aliphatic carbocycles. The third kappa shape index (κ3) is 1.73. The van der Waals surface area contributed by atoms with Crippen LogP contribution in [-0.2, 0) is 9.59 Å². The Morgan fingerprint density at radius 3 is 2.20 bits per heavy atom. The van der Waals surface area contributed by atoms with E-state index in [-0.39, 0.29) is 6.04 Å². The summed E-state index contributed by atoms with van der Waals surface area (Å²) in [4.78, 5) is 34.8. The van der Waals surface area contributed by atoms with Crippen molar-refractivity contribution in [1.82, 2.24) is 10.2 Å². The molecular weight excluding hydrogens is 196 g/mol. The van der Waals surface area contributed by atoms with Gasteiger partial charge in [0, 0.05) is 6.04 Å². The first-order chi connectivity index (χ1) is 7.09. The van der Waals surface area contributed by atoms with Crippen LogP contribution in [-0.4, -0.2) is 28.8 Å². The Balaban J connectivity index is 2.07. The zero-order chi connectivity index (χ0) is 11.0. The van der Waals surface area contributed by atoms with E-state index in [4.69, 9.17) is 0 Å². The SMILES string of the molecule is CC1CCC(N2C(=O)NC(=O)C2=O)CC1. The molecule has 0 aromatic carbocycles. The fourth-order valence-corrected chi connectivity index (χ4v) is 2.24. The molecule has 1 saturated heterocycles. The van der Waals surface area contributed by atoms with Crippen molar-refractivity contribution in [2.24, 2.45) is 5.92 Å². The summed E-state index contributed by atoms with van der Waals surface area (Å²) in [5.74, 6) is -0.837. The number of amides is 4. The lowest BCUT2D eigenvalue weighted by atomic mass is 9.87. The van der Waals surface area contributed by atoms with E-state index in [9.17, 15) is 14.4 Å². The van der Waals surface area contributed by atoms with Crippen molar-refractivity contribution in [2.45, 2.75) is 38.6 Å². The molecular formula is C10H14N2O3. The van der Waals surface area contributed by atoms with Crippen LogP contribution in [0.15, 0.2) is 0 Å². The minimum atomic E-state index is -0.793. The second kappa shape index (κ2) is 3.64. The van der Waals surface area contributed by atoms with Gasteiger partial charge in [0.25, 0.3) is 0 Å². The maximum atomic E-state index is 11.4. The van der Waals surface area contributed by atoms with Gasteiger partial charge in [-0.3, -0.25) is 19.8 Å². The van der Waals surface area contributed by atoms with Crippen molar-refractivity contribution >= 4 is 17.8 Å². The van der Waals surface area contributed by atoms with E-state index in [1.54, 1.807) is 0 Å². The van der Waals surface area contributed by atoms with Crippen LogP contribution in [0.3, 0.4) is 0 Å². The number of carbonyl (C=O) groups is 3. The Hall–Kier alpha value is -1.39. The molecule has 0 aromatic rings. The summed E-state index contributed by atoms with van der Waals surface area (Å²) >= 11 is 0. The maximum Gasteiger partial charge on any atom is 0.331 e. The second-order valence-electron chi connectivity index (χ2n) is 4.35. The molecule has 82 valence electrons. The van der Waals surface area contributed by atoms with Crippen LogP contribution in [0.5, 0.6) is 0 Å². The highest BCUT2D eigenvalue weighted by atomic mass is 16.2. The highest BCUT2D eigenvalue weighted by Crippen LogP contribution is 2.28. The smallest absolute Gasteiger partial charge is 0.269 e. The van der Waals surface area contributed by atoms with E-state index in [0.29, 0.717) is 5.92 Å². The van der Waals surface area contributed by atoms with Gasteiger partial charge >= 0.3 is 17.8 Å². The lowest BCUT2D eigenvalue weighted by Gasteiger charge is -2.30. The summed E-state index contributed by atoms with van der Waals surface area (Å²) in [6.45, 7) is 2.16. The average Bonchev–Trinajstić information content (AvgIpc) is 2.44. The largest absolute Gasteiger partial charge is 0.331 e. The topological polar surface area (TPSA) is 66.5 Å². The Kier molecular flexibility index (Phi) is 2.46. The van der Waals surface area contributed by atoms with Crippen molar-refractivity contribution < 1.29 is 14.4 Å². The summed E-state index contributed by atoms with van der Waals surface area (Å²) in [7, 11) is 0. The number of nitrogens with one attached hydrogen (secondary N) is 1. The van der Waals surface area contributed by atoms with Crippen LogP contribution in [0.25, 0.3) is 0 Å². The number of rotatable bonds is 1. The summed E-state index contributed by atoms with van der Waals surface area (Å²) in [5, 5.41) is 2.02. The van der Waals surface area contributed by atoms with Crippen LogP contribution in [0.2, 0.25) is 0 Å². The Bertz CT molecular complexity index is 319. The lowest BCUT2D eigenvalue weighted by Crippen LogP contribution is -2.42. The van der Waals surface area contributed by atoms with Gasteiger partial charge in [-0.1, -0.05) is 6.92 Å². The molecule has 0 aromatic heterocycles. The molecule has 5 heteroatoms. The molecule has 1 heterocycles. The minimum absolute atomic E-state index is 0.0832. The first-order valence-corrected chi connectivity index (χ1v) is 5.28. The predicted octanol–water partition coefficient (Wildman–Crippen LogP) is 0.643. The van der Waals surface area contributed by atoms with Gasteiger partial charge in [-0.05, 0) is 31.6 Å². The molecule has 2 rings (SSSR count). The molecule has 2 aliphatic rings. The van der Waals surface area contributed by atoms with E-state index in [1.807, 2.05) is 5.32 Å². The van der Waals surface area contributed by atoms with E-state index in [0.717, 1.165) is 30.6 Å². The summed E-state index contributed by atoms with van der Waals surface area (Å²) in [6, 6.07) is -0.635. The Morgan fingerprint density at radius 2 is 1.73 bits per heavy atom. The average molecular weight is 210 g/mol. The minimum Gasteiger partial charge on any atom is -0.269 e. The van der Waals surface area contributed by atoms with Crippen molar-refractivity contribution in [1.29, 1.82) is 0 Å². The third-order valence-corrected chi connectivity index (χ3v) is 3.20. The molecule has 0 unspecified atom stereocenters. The first kappa shape index (κ1) is 10.1. The number of carbonyl (C=O) groups excluding carboxylic acids is 3. The first-order valence-electron chi connectivity index (χ1n) is 5.28. The second-order valence-corrected chi connectivity index (χ2v) is 4.35. The van der Waals surface area contributed by atoms with Crippen LogP contribution in [0.4, 0.5) is 4.79 Å². The molecule has 5 nitrogen and oxygen atoms in total. The van der Waals surface area contributed by atoms with E-state index >= 15 is 0 Å². The monoisotopic (exact) mass is 210 g/mol. The van der Waals surface area contributed by atoms with Gasteiger partial charge in [0.1, 0.15) is 0 Å². The molecule has 15 heavy (non-hydrogen) atoms. The molecule has 0 bridgehead atoms. The zero-order valence-corrected chi connectivity index (χ0v) is 8.66. The van der Waals surface area contributed by atoms with E-state index in [2.05, 4.69) is 6.92 Å². The molecule has 0 atom stereocenters. The molecule has 1 aliphatic heterocycles. The van der Waals surface area contributed by atoms with E-state index < -0.39 is 17.8 Å². The molecule has 1 N–H and O–H groups in total. The van der Waals surface area contributed by atoms with Gasteiger partial charge in [-0.2, -0.15) is 0 Å². The maximum absolute atomic E-state index is 11.4. The van der Waals surface area contributed by atoms with Crippen molar-refractivity contribution in [3.63, 3.8) is 0 Å². The number of imide groups is 2. The quantitative estimate of drug-likeness (QED) is 0.510. The highest BCUT2D eigenvalue weighted by molar-refractivity contribution is 6.44.